The molecule has 124 valence electrons. The molecule has 0 unspecified atom stereocenters. The van der Waals surface area contributed by atoms with Gasteiger partial charge < -0.3 is 5.32 Å². The van der Waals surface area contributed by atoms with E-state index in [2.05, 4.69) is 25.7 Å². The van der Waals surface area contributed by atoms with Crippen molar-refractivity contribution in [3.63, 3.8) is 0 Å². The molecule has 0 aliphatic rings. The topological polar surface area (TPSA) is 105 Å². The molecular weight excluding hydrogens is 320 g/mol. The van der Waals surface area contributed by atoms with Crippen LogP contribution in [0.2, 0.25) is 0 Å². The lowest BCUT2D eigenvalue weighted by atomic mass is 10.1. The number of rotatable bonds is 4. The van der Waals surface area contributed by atoms with Crippen LogP contribution in [0.4, 0.5) is 0 Å². The van der Waals surface area contributed by atoms with Crippen molar-refractivity contribution in [1.29, 1.82) is 0 Å². The van der Waals surface area contributed by atoms with Crippen molar-refractivity contribution < 1.29 is 4.79 Å². The van der Waals surface area contributed by atoms with Crippen molar-refractivity contribution in [2.75, 3.05) is 0 Å². The number of H-pyrrole nitrogens is 1. The van der Waals surface area contributed by atoms with Crippen LogP contribution in [0.25, 0.3) is 16.4 Å². The first-order valence-corrected chi connectivity index (χ1v) is 7.74. The van der Waals surface area contributed by atoms with Crippen molar-refractivity contribution in [3.05, 3.63) is 70.5 Å². The van der Waals surface area contributed by atoms with Crippen LogP contribution < -0.4 is 10.9 Å². The zero-order valence-corrected chi connectivity index (χ0v) is 13.1. The van der Waals surface area contributed by atoms with E-state index in [1.807, 2.05) is 34.9 Å². The first-order chi connectivity index (χ1) is 12.2. The van der Waals surface area contributed by atoms with Crippen LogP contribution in [-0.2, 0) is 17.8 Å². The van der Waals surface area contributed by atoms with E-state index in [1.54, 1.807) is 18.2 Å². The number of pyridine rings is 1. The Morgan fingerprint density at radius 2 is 1.88 bits per heavy atom. The summed E-state index contributed by atoms with van der Waals surface area (Å²) in [5.74, 6) is 0.431. The molecule has 4 aromatic rings. The van der Waals surface area contributed by atoms with Crippen molar-refractivity contribution in [2.45, 2.75) is 13.0 Å². The van der Waals surface area contributed by atoms with Gasteiger partial charge in [-0.1, -0.05) is 24.3 Å². The lowest BCUT2D eigenvalue weighted by molar-refractivity contribution is -0.120. The zero-order valence-electron chi connectivity index (χ0n) is 13.1. The van der Waals surface area contributed by atoms with Gasteiger partial charge in [0.25, 0.3) is 5.56 Å². The minimum atomic E-state index is -0.269. The second kappa shape index (κ2) is 6.16. The SMILES string of the molecule is O=C(Cc1n[nH]c(=O)c2ccccc12)NCc1nnc2ccccn12. The molecule has 1 aromatic carbocycles. The fraction of sp³-hybridized carbons (Fsp3) is 0.118. The van der Waals surface area contributed by atoms with Gasteiger partial charge in [-0.05, 0) is 18.2 Å². The summed E-state index contributed by atoms with van der Waals surface area (Å²) < 4.78 is 1.81. The van der Waals surface area contributed by atoms with Crippen LogP contribution in [0.5, 0.6) is 0 Å². The van der Waals surface area contributed by atoms with Crippen LogP contribution in [0, 0.1) is 0 Å². The van der Waals surface area contributed by atoms with Crippen molar-refractivity contribution in [2.24, 2.45) is 0 Å². The second-order valence-corrected chi connectivity index (χ2v) is 5.54. The maximum Gasteiger partial charge on any atom is 0.272 e. The molecule has 0 bridgehead atoms. The van der Waals surface area contributed by atoms with Gasteiger partial charge in [-0.15, -0.1) is 10.2 Å². The Bertz CT molecular complexity index is 1130. The molecule has 1 amide bonds. The number of benzene rings is 1. The van der Waals surface area contributed by atoms with Gasteiger partial charge in [0.05, 0.1) is 24.0 Å². The average Bonchev–Trinajstić information content (AvgIpc) is 3.06. The third-order valence-electron chi connectivity index (χ3n) is 3.93. The normalized spacial score (nSPS) is 11.0. The highest BCUT2D eigenvalue weighted by Crippen LogP contribution is 2.12. The largest absolute Gasteiger partial charge is 0.348 e. The molecule has 8 heteroatoms. The summed E-state index contributed by atoms with van der Waals surface area (Å²) >= 11 is 0. The molecule has 2 N–H and O–H groups in total. The Labute approximate surface area is 141 Å². The molecule has 0 spiro atoms. The number of carbonyl (C=O) groups is 1. The summed E-state index contributed by atoms with van der Waals surface area (Å²) in [6.07, 6.45) is 1.90. The lowest BCUT2D eigenvalue weighted by Crippen LogP contribution is -2.26. The van der Waals surface area contributed by atoms with E-state index in [-0.39, 0.29) is 24.4 Å². The Kier molecular flexibility index (Phi) is 3.70. The molecular formula is C17H14N6O2. The van der Waals surface area contributed by atoms with E-state index < -0.39 is 0 Å². The number of fused-ring (bicyclic) bond motifs is 2. The molecule has 0 atom stereocenters. The van der Waals surface area contributed by atoms with Crippen LogP contribution in [-0.4, -0.2) is 30.7 Å². The first-order valence-electron chi connectivity index (χ1n) is 7.74. The van der Waals surface area contributed by atoms with Gasteiger partial charge in [-0.2, -0.15) is 5.10 Å². The number of nitrogens with one attached hydrogen (secondary N) is 2. The summed E-state index contributed by atoms with van der Waals surface area (Å²) in [5, 5.41) is 18.6. The van der Waals surface area contributed by atoms with Gasteiger partial charge in [-0.25, -0.2) is 5.10 Å². The summed E-state index contributed by atoms with van der Waals surface area (Å²) in [4.78, 5) is 24.1. The third-order valence-corrected chi connectivity index (χ3v) is 3.93. The van der Waals surface area contributed by atoms with E-state index in [0.29, 0.717) is 22.3 Å². The molecule has 8 nitrogen and oxygen atoms in total. The van der Waals surface area contributed by atoms with E-state index in [4.69, 9.17) is 0 Å². The number of aromatic amines is 1. The molecule has 0 aliphatic heterocycles. The summed E-state index contributed by atoms with van der Waals surface area (Å²) in [6, 6.07) is 12.7. The monoisotopic (exact) mass is 334 g/mol. The second-order valence-electron chi connectivity index (χ2n) is 5.54. The number of hydrogen-bond donors (Lipinski definition) is 2. The van der Waals surface area contributed by atoms with E-state index in [9.17, 15) is 9.59 Å². The van der Waals surface area contributed by atoms with Gasteiger partial charge in [-0.3, -0.25) is 14.0 Å². The highest BCUT2D eigenvalue weighted by molar-refractivity contribution is 5.88. The number of amides is 1. The number of aromatic nitrogens is 5. The summed E-state index contributed by atoms with van der Waals surface area (Å²) in [5.41, 5.74) is 0.980. The fourth-order valence-corrected chi connectivity index (χ4v) is 2.71. The van der Waals surface area contributed by atoms with Gasteiger partial charge in [0.15, 0.2) is 11.5 Å². The predicted octanol–water partition coefficient (Wildman–Crippen LogP) is 0.825. The molecule has 3 heterocycles. The van der Waals surface area contributed by atoms with Crippen LogP contribution >= 0.6 is 0 Å². The standard InChI is InChI=1S/C17H14N6O2/c24-16(18-10-15-21-20-14-7-3-4-8-23(14)15)9-13-11-5-1-2-6-12(11)17(25)22-19-13/h1-8H,9-10H2,(H,18,24)(H,22,25). The first kappa shape index (κ1) is 15.0. The maximum absolute atomic E-state index is 12.3. The van der Waals surface area contributed by atoms with Crippen LogP contribution in [0.15, 0.2) is 53.5 Å². The Hall–Kier alpha value is -3.55. The molecule has 0 aliphatic carbocycles. The van der Waals surface area contributed by atoms with Gasteiger partial charge in [0, 0.05) is 11.6 Å². The van der Waals surface area contributed by atoms with Crippen LogP contribution in [0.1, 0.15) is 11.5 Å². The van der Waals surface area contributed by atoms with E-state index >= 15 is 0 Å². The van der Waals surface area contributed by atoms with E-state index in [0.717, 1.165) is 5.65 Å². The highest BCUT2D eigenvalue weighted by atomic mass is 16.1. The van der Waals surface area contributed by atoms with Crippen molar-refractivity contribution >= 4 is 22.3 Å². The fourth-order valence-electron chi connectivity index (χ4n) is 2.71. The Morgan fingerprint density at radius 3 is 2.76 bits per heavy atom. The zero-order chi connectivity index (χ0) is 17.2. The summed E-state index contributed by atoms with van der Waals surface area (Å²) in [6.45, 7) is 0.255. The molecule has 0 saturated heterocycles. The molecule has 3 aromatic heterocycles. The molecule has 0 saturated carbocycles. The van der Waals surface area contributed by atoms with E-state index in [1.165, 1.54) is 0 Å². The van der Waals surface area contributed by atoms with Crippen molar-refractivity contribution in [3.8, 4) is 0 Å². The summed E-state index contributed by atoms with van der Waals surface area (Å²) in [7, 11) is 0. The molecule has 25 heavy (non-hydrogen) atoms. The smallest absolute Gasteiger partial charge is 0.272 e. The minimum absolute atomic E-state index is 0.0635. The minimum Gasteiger partial charge on any atom is -0.348 e. The van der Waals surface area contributed by atoms with Crippen LogP contribution in [0.3, 0.4) is 0 Å². The molecule has 0 radical (unpaired) electrons. The quantitative estimate of drug-likeness (QED) is 0.575. The van der Waals surface area contributed by atoms with Gasteiger partial charge >= 0.3 is 0 Å². The van der Waals surface area contributed by atoms with Crippen molar-refractivity contribution in [1.82, 2.24) is 30.1 Å². The average molecular weight is 334 g/mol. The highest BCUT2D eigenvalue weighted by Gasteiger charge is 2.12. The predicted molar refractivity (Wildman–Crippen MR) is 90.9 cm³/mol. The Balaban J connectivity index is 1.51. The molecule has 0 fully saturated rings. The Morgan fingerprint density at radius 1 is 1.08 bits per heavy atom. The number of nitrogens with zero attached hydrogens (tertiary/aromatic N) is 4. The lowest BCUT2D eigenvalue weighted by Gasteiger charge is -2.06. The third kappa shape index (κ3) is 2.85. The maximum atomic E-state index is 12.3. The molecule has 4 rings (SSSR count). The number of carbonyl (C=O) groups excluding carboxylic acids is 1. The number of hydrogen-bond acceptors (Lipinski definition) is 5. The van der Waals surface area contributed by atoms with Gasteiger partial charge in [0.1, 0.15) is 0 Å². The van der Waals surface area contributed by atoms with Gasteiger partial charge in [0.2, 0.25) is 5.91 Å².